The van der Waals surface area contributed by atoms with E-state index >= 15 is 0 Å². The molecule has 72 valence electrons. The summed E-state index contributed by atoms with van der Waals surface area (Å²) in [6.07, 6.45) is 3.87. The van der Waals surface area contributed by atoms with Crippen LogP contribution >= 0.6 is 0 Å². The van der Waals surface area contributed by atoms with E-state index in [2.05, 4.69) is 23.8 Å². The van der Waals surface area contributed by atoms with Crippen LogP contribution in [0.5, 0.6) is 0 Å². The van der Waals surface area contributed by atoms with Crippen molar-refractivity contribution in [1.82, 2.24) is 9.97 Å². The Morgan fingerprint density at radius 1 is 1.23 bits per heavy atom. The lowest BCUT2D eigenvalue weighted by atomic mass is 10.1. The molecule has 3 heteroatoms. The Bertz CT molecular complexity index is 254. The van der Waals surface area contributed by atoms with E-state index in [1.54, 1.807) is 19.3 Å². The highest BCUT2D eigenvalue weighted by Crippen LogP contribution is 2.08. The van der Waals surface area contributed by atoms with E-state index in [1.165, 1.54) is 0 Å². The molecule has 0 aliphatic carbocycles. The number of hydrogen-bond acceptors (Lipinski definition) is 3. The minimum atomic E-state index is -0.325. The highest BCUT2D eigenvalue weighted by molar-refractivity contribution is 5.07. The Morgan fingerprint density at radius 2 is 1.77 bits per heavy atom. The third-order valence-corrected chi connectivity index (χ3v) is 1.77. The lowest BCUT2D eigenvalue weighted by Crippen LogP contribution is -2.06. The first-order valence-corrected chi connectivity index (χ1v) is 4.58. The zero-order chi connectivity index (χ0) is 9.84. The van der Waals surface area contributed by atoms with E-state index in [0.717, 1.165) is 11.4 Å². The second kappa shape index (κ2) is 4.33. The van der Waals surface area contributed by atoms with Gasteiger partial charge in [-0.3, -0.25) is 0 Å². The lowest BCUT2D eigenvalue weighted by molar-refractivity contribution is 0.195. The van der Waals surface area contributed by atoms with Crippen LogP contribution in [-0.2, 0) is 6.42 Å². The van der Waals surface area contributed by atoms with Crippen molar-refractivity contribution in [3.63, 3.8) is 0 Å². The molecule has 0 aliphatic heterocycles. The maximum absolute atomic E-state index is 9.13. The van der Waals surface area contributed by atoms with Crippen molar-refractivity contribution in [1.29, 1.82) is 0 Å². The van der Waals surface area contributed by atoms with Crippen molar-refractivity contribution >= 4 is 0 Å². The van der Waals surface area contributed by atoms with Crippen LogP contribution in [0.1, 0.15) is 38.1 Å². The maximum Gasteiger partial charge on any atom is 0.130 e. The summed E-state index contributed by atoms with van der Waals surface area (Å²) in [4.78, 5) is 8.42. The summed E-state index contributed by atoms with van der Waals surface area (Å²) in [7, 11) is 0. The van der Waals surface area contributed by atoms with Crippen molar-refractivity contribution in [3.8, 4) is 0 Å². The molecule has 0 amide bonds. The van der Waals surface area contributed by atoms with Gasteiger partial charge in [0.25, 0.3) is 0 Å². The number of nitrogens with zero attached hydrogens (tertiary/aromatic N) is 2. The summed E-state index contributed by atoms with van der Waals surface area (Å²) in [6.45, 7) is 5.88. The molecule has 0 bridgehead atoms. The molecule has 3 nitrogen and oxygen atoms in total. The summed E-state index contributed by atoms with van der Waals surface area (Å²) in [5.41, 5.74) is 0.986. The molecule has 0 fully saturated rings. The van der Waals surface area contributed by atoms with Crippen molar-refractivity contribution in [2.24, 2.45) is 0 Å². The van der Waals surface area contributed by atoms with Gasteiger partial charge in [-0.25, -0.2) is 9.97 Å². The molecular weight excluding hydrogens is 164 g/mol. The van der Waals surface area contributed by atoms with E-state index in [4.69, 9.17) is 5.11 Å². The quantitative estimate of drug-likeness (QED) is 0.767. The van der Waals surface area contributed by atoms with Crippen molar-refractivity contribution in [2.75, 3.05) is 0 Å². The van der Waals surface area contributed by atoms with Crippen LogP contribution in [0.4, 0.5) is 0 Å². The van der Waals surface area contributed by atoms with E-state index in [1.807, 2.05) is 0 Å². The lowest BCUT2D eigenvalue weighted by Gasteiger charge is -2.05. The molecule has 1 aromatic heterocycles. The minimum Gasteiger partial charge on any atom is -0.393 e. The predicted octanol–water partition coefficient (Wildman–Crippen LogP) is 1.52. The minimum absolute atomic E-state index is 0.325. The van der Waals surface area contributed by atoms with Gasteiger partial charge < -0.3 is 5.11 Å². The van der Waals surface area contributed by atoms with Gasteiger partial charge in [0, 0.05) is 24.7 Å². The SMILES string of the molecule is CC(O)Cc1cnc(C(C)C)nc1. The predicted molar refractivity (Wildman–Crippen MR) is 51.5 cm³/mol. The molecule has 1 atom stereocenters. The Kier molecular flexibility index (Phi) is 3.37. The monoisotopic (exact) mass is 180 g/mol. The summed E-state index contributed by atoms with van der Waals surface area (Å²) in [5.74, 6) is 1.22. The number of aliphatic hydroxyl groups is 1. The Hall–Kier alpha value is -0.960. The van der Waals surface area contributed by atoms with Crippen molar-refractivity contribution in [2.45, 2.75) is 39.2 Å². The molecule has 0 saturated carbocycles. The van der Waals surface area contributed by atoms with Crippen molar-refractivity contribution < 1.29 is 5.11 Å². The smallest absolute Gasteiger partial charge is 0.130 e. The third kappa shape index (κ3) is 3.11. The van der Waals surface area contributed by atoms with Gasteiger partial charge in [0.1, 0.15) is 5.82 Å². The molecule has 0 radical (unpaired) electrons. The largest absolute Gasteiger partial charge is 0.393 e. The Labute approximate surface area is 78.9 Å². The van der Waals surface area contributed by atoms with Gasteiger partial charge in [0.2, 0.25) is 0 Å². The fourth-order valence-electron chi connectivity index (χ4n) is 1.11. The molecule has 1 aromatic rings. The number of aliphatic hydroxyl groups excluding tert-OH is 1. The zero-order valence-electron chi connectivity index (χ0n) is 8.36. The standard InChI is InChI=1S/C10H16N2O/c1-7(2)10-11-5-9(6-12-10)4-8(3)13/h5-8,13H,4H2,1-3H3. The van der Waals surface area contributed by atoms with Gasteiger partial charge in [0.05, 0.1) is 6.10 Å². The topological polar surface area (TPSA) is 46.0 Å². The first-order valence-electron chi connectivity index (χ1n) is 4.58. The summed E-state index contributed by atoms with van der Waals surface area (Å²) >= 11 is 0. The van der Waals surface area contributed by atoms with Gasteiger partial charge >= 0.3 is 0 Å². The normalized spacial score (nSPS) is 13.3. The third-order valence-electron chi connectivity index (χ3n) is 1.77. The summed E-state index contributed by atoms with van der Waals surface area (Å²) < 4.78 is 0. The molecule has 1 rings (SSSR count). The fraction of sp³-hybridized carbons (Fsp3) is 0.600. The second-order valence-corrected chi connectivity index (χ2v) is 3.66. The van der Waals surface area contributed by atoms with E-state index in [0.29, 0.717) is 12.3 Å². The molecule has 0 aliphatic rings. The summed E-state index contributed by atoms with van der Waals surface area (Å²) in [6, 6.07) is 0. The van der Waals surface area contributed by atoms with Crippen LogP contribution in [-0.4, -0.2) is 21.2 Å². The van der Waals surface area contributed by atoms with E-state index in [9.17, 15) is 0 Å². The number of hydrogen-bond donors (Lipinski definition) is 1. The Morgan fingerprint density at radius 3 is 2.15 bits per heavy atom. The Balaban J connectivity index is 2.70. The van der Waals surface area contributed by atoms with Gasteiger partial charge in [-0.15, -0.1) is 0 Å². The molecule has 0 saturated heterocycles. The zero-order valence-corrected chi connectivity index (χ0v) is 8.36. The molecule has 1 heterocycles. The maximum atomic E-state index is 9.13. The number of aromatic nitrogens is 2. The van der Waals surface area contributed by atoms with Crippen LogP contribution in [0.2, 0.25) is 0 Å². The highest BCUT2D eigenvalue weighted by Gasteiger charge is 2.03. The molecule has 1 unspecified atom stereocenters. The summed E-state index contributed by atoms with van der Waals surface area (Å²) in [5, 5.41) is 9.13. The van der Waals surface area contributed by atoms with E-state index < -0.39 is 0 Å². The van der Waals surface area contributed by atoms with Gasteiger partial charge in [-0.05, 0) is 12.5 Å². The van der Waals surface area contributed by atoms with Crippen LogP contribution < -0.4 is 0 Å². The number of rotatable bonds is 3. The first-order chi connectivity index (χ1) is 6.09. The van der Waals surface area contributed by atoms with Crippen LogP contribution in [0.25, 0.3) is 0 Å². The van der Waals surface area contributed by atoms with E-state index in [-0.39, 0.29) is 6.10 Å². The molecule has 13 heavy (non-hydrogen) atoms. The van der Waals surface area contributed by atoms with Crippen LogP contribution in [0.15, 0.2) is 12.4 Å². The molecule has 1 N–H and O–H groups in total. The van der Waals surface area contributed by atoms with Gasteiger partial charge in [-0.2, -0.15) is 0 Å². The average Bonchev–Trinajstić information content (AvgIpc) is 2.04. The fourth-order valence-corrected chi connectivity index (χ4v) is 1.11. The van der Waals surface area contributed by atoms with Gasteiger partial charge in [-0.1, -0.05) is 13.8 Å². The van der Waals surface area contributed by atoms with Crippen LogP contribution in [0.3, 0.4) is 0 Å². The average molecular weight is 180 g/mol. The molecule has 0 spiro atoms. The van der Waals surface area contributed by atoms with Crippen LogP contribution in [0, 0.1) is 0 Å². The second-order valence-electron chi connectivity index (χ2n) is 3.66. The molecule has 0 aromatic carbocycles. The van der Waals surface area contributed by atoms with Gasteiger partial charge in [0.15, 0.2) is 0 Å². The molecular formula is C10H16N2O. The van der Waals surface area contributed by atoms with Crippen molar-refractivity contribution in [3.05, 3.63) is 23.8 Å². The first kappa shape index (κ1) is 10.1. The highest BCUT2D eigenvalue weighted by atomic mass is 16.3.